The van der Waals surface area contributed by atoms with Crippen LogP contribution in [0.3, 0.4) is 0 Å². The lowest BCUT2D eigenvalue weighted by Gasteiger charge is -2.17. The van der Waals surface area contributed by atoms with E-state index in [-0.39, 0.29) is 17.5 Å². The third kappa shape index (κ3) is 4.66. The molecule has 0 aliphatic rings. The van der Waals surface area contributed by atoms with Crippen molar-refractivity contribution >= 4 is 17.6 Å². The molecule has 0 saturated heterocycles. The molecule has 116 valence electrons. The number of carbonyl (C=O) groups is 2. The van der Waals surface area contributed by atoms with E-state index in [0.29, 0.717) is 11.4 Å². The predicted molar refractivity (Wildman–Crippen MR) is 80.2 cm³/mol. The highest BCUT2D eigenvalue weighted by Crippen LogP contribution is 2.22. The van der Waals surface area contributed by atoms with Crippen LogP contribution in [0.2, 0.25) is 0 Å². The van der Waals surface area contributed by atoms with Crippen molar-refractivity contribution in [2.75, 3.05) is 12.8 Å². The van der Waals surface area contributed by atoms with E-state index in [9.17, 15) is 9.59 Å². The van der Waals surface area contributed by atoms with Gasteiger partial charge in [0.15, 0.2) is 6.10 Å². The highest BCUT2D eigenvalue weighted by molar-refractivity contribution is 5.95. The van der Waals surface area contributed by atoms with Gasteiger partial charge in [0.25, 0.3) is 5.91 Å². The van der Waals surface area contributed by atoms with Crippen molar-refractivity contribution in [3.63, 3.8) is 0 Å². The summed E-state index contributed by atoms with van der Waals surface area (Å²) in [6, 6.07) is 4.64. The van der Waals surface area contributed by atoms with E-state index >= 15 is 0 Å². The normalized spacial score (nSPS) is 13.1. The number of benzene rings is 1. The molecule has 0 aliphatic carbocycles. The minimum atomic E-state index is -0.881. The summed E-state index contributed by atoms with van der Waals surface area (Å²) in [5.41, 5.74) is 6.34. The number of methoxy groups -OCH3 is 1. The molecule has 3 N–H and O–H groups in total. The second kappa shape index (κ2) is 7.52. The smallest absolute Gasteiger partial charge is 0.342 e. The first-order valence-electron chi connectivity index (χ1n) is 6.83. The van der Waals surface area contributed by atoms with Gasteiger partial charge in [-0.3, -0.25) is 4.79 Å². The summed E-state index contributed by atoms with van der Waals surface area (Å²) in [7, 11) is 1.44. The molecule has 1 aromatic carbocycles. The lowest BCUT2D eigenvalue weighted by molar-refractivity contribution is -0.129. The van der Waals surface area contributed by atoms with Crippen LogP contribution in [0, 0.1) is 0 Å². The predicted octanol–water partition coefficient (Wildman–Crippen LogP) is 1.74. The Morgan fingerprint density at radius 2 is 2.00 bits per heavy atom. The second-order valence-electron chi connectivity index (χ2n) is 4.83. The molecule has 0 fully saturated rings. The van der Waals surface area contributed by atoms with Crippen LogP contribution in [-0.2, 0) is 9.53 Å². The van der Waals surface area contributed by atoms with Gasteiger partial charge in [0.1, 0.15) is 11.3 Å². The zero-order valence-electron chi connectivity index (χ0n) is 12.8. The van der Waals surface area contributed by atoms with Crippen LogP contribution in [0.5, 0.6) is 5.75 Å². The van der Waals surface area contributed by atoms with E-state index in [4.69, 9.17) is 15.2 Å². The SMILES string of the molecule is CCC(C)NC(=O)C(C)OC(=O)c1ccc(N)cc1OC. The third-order valence-corrected chi connectivity index (χ3v) is 3.10. The number of carbonyl (C=O) groups excluding carboxylic acids is 2. The van der Waals surface area contributed by atoms with Gasteiger partial charge in [0.2, 0.25) is 0 Å². The molecule has 0 spiro atoms. The van der Waals surface area contributed by atoms with Crippen molar-refractivity contribution in [1.82, 2.24) is 5.32 Å². The summed E-state index contributed by atoms with van der Waals surface area (Å²) in [5, 5.41) is 2.76. The van der Waals surface area contributed by atoms with Crippen molar-refractivity contribution in [2.45, 2.75) is 39.3 Å². The summed E-state index contributed by atoms with van der Waals surface area (Å²) in [4.78, 5) is 23.9. The standard InChI is InChI=1S/C15H22N2O4/c1-5-9(2)17-14(18)10(3)21-15(19)12-7-6-11(16)8-13(12)20-4/h6-10H,5,16H2,1-4H3,(H,17,18). The van der Waals surface area contributed by atoms with Gasteiger partial charge < -0.3 is 20.5 Å². The number of esters is 1. The molecule has 1 aromatic rings. The molecule has 1 amide bonds. The Balaban J connectivity index is 2.75. The lowest BCUT2D eigenvalue weighted by Crippen LogP contribution is -2.40. The van der Waals surface area contributed by atoms with Crippen LogP contribution in [0.1, 0.15) is 37.6 Å². The minimum Gasteiger partial charge on any atom is -0.496 e. The Hall–Kier alpha value is -2.24. The highest BCUT2D eigenvalue weighted by atomic mass is 16.5. The Morgan fingerprint density at radius 1 is 1.33 bits per heavy atom. The molecule has 21 heavy (non-hydrogen) atoms. The maximum Gasteiger partial charge on any atom is 0.342 e. The largest absolute Gasteiger partial charge is 0.496 e. The molecule has 0 radical (unpaired) electrons. The lowest BCUT2D eigenvalue weighted by atomic mass is 10.2. The van der Waals surface area contributed by atoms with E-state index in [1.165, 1.54) is 26.2 Å². The van der Waals surface area contributed by atoms with E-state index in [2.05, 4.69) is 5.32 Å². The number of nitrogen functional groups attached to an aromatic ring is 1. The molecule has 6 nitrogen and oxygen atoms in total. The molecule has 1 rings (SSSR count). The number of ether oxygens (including phenoxy) is 2. The van der Waals surface area contributed by atoms with Crippen LogP contribution < -0.4 is 15.8 Å². The number of hydrogen-bond donors (Lipinski definition) is 2. The first-order chi connectivity index (χ1) is 9.88. The molecule has 2 atom stereocenters. The Labute approximate surface area is 124 Å². The molecule has 6 heteroatoms. The summed E-state index contributed by atoms with van der Waals surface area (Å²) in [6.45, 7) is 5.37. The fraction of sp³-hybridized carbons (Fsp3) is 0.467. The summed E-state index contributed by atoms with van der Waals surface area (Å²) in [6.07, 6.45) is -0.0770. The van der Waals surface area contributed by atoms with Gasteiger partial charge in [-0.05, 0) is 32.4 Å². The number of nitrogens with one attached hydrogen (secondary N) is 1. The molecule has 0 bridgehead atoms. The Morgan fingerprint density at radius 3 is 2.57 bits per heavy atom. The van der Waals surface area contributed by atoms with Gasteiger partial charge in [-0.1, -0.05) is 6.92 Å². The van der Waals surface area contributed by atoms with E-state index < -0.39 is 12.1 Å². The number of nitrogens with two attached hydrogens (primary N) is 1. The van der Waals surface area contributed by atoms with E-state index in [1.807, 2.05) is 13.8 Å². The zero-order chi connectivity index (χ0) is 16.0. The Kier molecular flexibility index (Phi) is 6.02. The fourth-order valence-corrected chi connectivity index (χ4v) is 1.62. The fourth-order valence-electron chi connectivity index (χ4n) is 1.62. The first kappa shape index (κ1) is 16.8. The first-order valence-corrected chi connectivity index (χ1v) is 6.83. The van der Waals surface area contributed by atoms with Crippen molar-refractivity contribution < 1.29 is 19.1 Å². The van der Waals surface area contributed by atoms with Crippen LogP contribution >= 0.6 is 0 Å². The maximum atomic E-state index is 12.1. The van der Waals surface area contributed by atoms with Crippen molar-refractivity contribution in [3.05, 3.63) is 23.8 Å². The van der Waals surface area contributed by atoms with Crippen molar-refractivity contribution in [1.29, 1.82) is 0 Å². The number of anilines is 1. The molecule has 0 aromatic heterocycles. The summed E-state index contributed by atoms with van der Waals surface area (Å²) < 4.78 is 10.2. The quantitative estimate of drug-likeness (QED) is 0.616. The van der Waals surface area contributed by atoms with Crippen molar-refractivity contribution in [2.24, 2.45) is 0 Å². The summed E-state index contributed by atoms with van der Waals surface area (Å²) in [5.74, 6) is -0.639. The average Bonchev–Trinajstić information content (AvgIpc) is 2.46. The van der Waals surface area contributed by atoms with Crippen molar-refractivity contribution in [3.8, 4) is 5.75 Å². The van der Waals surface area contributed by atoms with E-state index in [0.717, 1.165) is 6.42 Å². The van der Waals surface area contributed by atoms with Crippen LogP contribution in [-0.4, -0.2) is 31.1 Å². The number of amides is 1. The van der Waals surface area contributed by atoms with Gasteiger partial charge in [0.05, 0.1) is 7.11 Å². The van der Waals surface area contributed by atoms with Crippen LogP contribution in [0.25, 0.3) is 0 Å². The number of hydrogen-bond acceptors (Lipinski definition) is 5. The monoisotopic (exact) mass is 294 g/mol. The second-order valence-corrected chi connectivity index (χ2v) is 4.83. The van der Waals surface area contributed by atoms with Gasteiger partial charge in [-0.15, -0.1) is 0 Å². The van der Waals surface area contributed by atoms with Gasteiger partial charge in [0, 0.05) is 17.8 Å². The van der Waals surface area contributed by atoms with E-state index in [1.54, 1.807) is 6.07 Å². The Bertz CT molecular complexity index is 516. The molecular formula is C15H22N2O4. The third-order valence-electron chi connectivity index (χ3n) is 3.10. The summed E-state index contributed by atoms with van der Waals surface area (Å²) >= 11 is 0. The number of rotatable bonds is 6. The van der Waals surface area contributed by atoms with Crippen LogP contribution in [0.15, 0.2) is 18.2 Å². The highest BCUT2D eigenvalue weighted by Gasteiger charge is 2.22. The molecule has 0 aliphatic heterocycles. The molecular weight excluding hydrogens is 272 g/mol. The molecule has 2 unspecified atom stereocenters. The van der Waals surface area contributed by atoms with Gasteiger partial charge in [-0.25, -0.2) is 4.79 Å². The molecule has 0 heterocycles. The molecule has 0 saturated carbocycles. The van der Waals surface area contributed by atoms with Gasteiger partial charge in [-0.2, -0.15) is 0 Å². The minimum absolute atomic E-state index is 0.0321. The zero-order valence-corrected chi connectivity index (χ0v) is 12.8. The maximum absolute atomic E-state index is 12.1. The average molecular weight is 294 g/mol. The topological polar surface area (TPSA) is 90.7 Å². The van der Waals surface area contributed by atoms with Gasteiger partial charge >= 0.3 is 5.97 Å². The van der Waals surface area contributed by atoms with Crippen LogP contribution in [0.4, 0.5) is 5.69 Å².